The predicted octanol–water partition coefficient (Wildman–Crippen LogP) is 12.8. The van der Waals surface area contributed by atoms with E-state index in [1.807, 2.05) is 29.5 Å². The number of nitrogens with zero attached hydrogens (tertiary/aromatic N) is 2. The Kier molecular flexibility index (Phi) is 6.83. The molecule has 2 heterocycles. The molecule has 51 heavy (non-hydrogen) atoms. The first-order valence-electron chi connectivity index (χ1n) is 17.4. The molecule has 0 aliphatic heterocycles. The first-order chi connectivity index (χ1) is 25.1. The Hall–Kier alpha value is -6.16. The molecule has 240 valence electrons. The number of rotatable bonds is 5. The molecule has 1 aliphatic carbocycles. The van der Waals surface area contributed by atoms with Gasteiger partial charge in [-0.25, -0.2) is 9.97 Å². The lowest BCUT2D eigenvalue weighted by atomic mass is 9.74. The molecular formula is C48H32N2S. The molecule has 1 aliphatic rings. The fourth-order valence-corrected chi connectivity index (χ4v) is 9.03. The zero-order valence-electron chi connectivity index (χ0n) is 28.0. The van der Waals surface area contributed by atoms with Crippen molar-refractivity contribution in [1.82, 2.24) is 9.97 Å². The fraction of sp³-hybridized carbons (Fsp3) is 0.0417. The average molecular weight is 669 g/mol. The number of benzene rings is 7. The number of thiophene rings is 1. The van der Waals surface area contributed by atoms with Crippen LogP contribution in [0.25, 0.3) is 76.3 Å². The maximum atomic E-state index is 5.18. The van der Waals surface area contributed by atoms with Crippen LogP contribution in [0.15, 0.2) is 176 Å². The van der Waals surface area contributed by atoms with Gasteiger partial charge in [0.2, 0.25) is 0 Å². The summed E-state index contributed by atoms with van der Waals surface area (Å²) in [5.41, 5.74) is 13.6. The molecule has 1 unspecified atom stereocenters. The molecule has 2 nitrogen and oxygen atoms in total. The highest BCUT2D eigenvalue weighted by atomic mass is 32.1. The molecule has 7 aromatic carbocycles. The van der Waals surface area contributed by atoms with Crippen LogP contribution in [-0.2, 0) is 5.41 Å². The number of fused-ring (bicyclic) bond motifs is 6. The molecule has 0 fully saturated rings. The maximum Gasteiger partial charge on any atom is 0.160 e. The lowest BCUT2D eigenvalue weighted by molar-refractivity contribution is 0.714. The highest BCUT2D eigenvalue weighted by Gasteiger charge is 2.40. The van der Waals surface area contributed by atoms with E-state index >= 15 is 0 Å². The van der Waals surface area contributed by atoms with Crippen molar-refractivity contribution >= 4 is 31.5 Å². The van der Waals surface area contributed by atoms with Gasteiger partial charge in [0.15, 0.2) is 5.82 Å². The van der Waals surface area contributed by atoms with Gasteiger partial charge in [0.05, 0.1) is 11.4 Å². The average Bonchev–Trinajstić information content (AvgIpc) is 3.71. The summed E-state index contributed by atoms with van der Waals surface area (Å²) in [5.74, 6) is 0.719. The summed E-state index contributed by atoms with van der Waals surface area (Å²) in [6.45, 7) is 2.35. The first kappa shape index (κ1) is 29.7. The van der Waals surface area contributed by atoms with Crippen LogP contribution in [0.3, 0.4) is 0 Å². The van der Waals surface area contributed by atoms with E-state index in [0.29, 0.717) is 0 Å². The molecule has 0 bridgehead atoms. The first-order valence-corrected chi connectivity index (χ1v) is 18.2. The van der Waals surface area contributed by atoms with Gasteiger partial charge < -0.3 is 0 Å². The Morgan fingerprint density at radius 3 is 1.84 bits per heavy atom. The Labute approximate surface area is 301 Å². The monoisotopic (exact) mass is 668 g/mol. The van der Waals surface area contributed by atoms with Crippen molar-refractivity contribution < 1.29 is 0 Å². The van der Waals surface area contributed by atoms with Crippen molar-refractivity contribution in [3.8, 4) is 56.2 Å². The quantitative estimate of drug-likeness (QED) is 0.182. The normalized spacial score (nSPS) is 14.8. The van der Waals surface area contributed by atoms with E-state index in [1.54, 1.807) is 0 Å². The summed E-state index contributed by atoms with van der Waals surface area (Å²) in [6, 6.07) is 63.3. The Bertz CT molecular complexity index is 2750. The molecular weight excluding hydrogens is 637 g/mol. The van der Waals surface area contributed by atoms with Gasteiger partial charge in [-0.1, -0.05) is 146 Å². The van der Waals surface area contributed by atoms with Gasteiger partial charge in [0.25, 0.3) is 0 Å². The zero-order valence-corrected chi connectivity index (χ0v) is 28.9. The minimum absolute atomic E-state index is 0.236. The van der Waals surface area contributed by atoms with E-state index in [1.165, 1.54) is 59.1 Å². The molecule has 3 heteroatoms. The van der Waals surface area contributed by atoms with Crippen molar-refractivity contribution in [2.75, 3.05) is 0 Å². The summed E-state index contributed by atoms with van der Waals surface area (Å²) in [5, 5.41) is 2.63. The third-order valence-corrected chi connectivity index (χ3v) is 11.8. The number of hydrogen-bond acceptors (Lipinski definition) is 3. The highest BCUT2D eigenvalue weighted by Crippen LogP contribution is 2.53. The summed E-state index contributed by atoms with van der Waals surface area (Å²) < 4.78 is 2.64. The summed E-state index contributed by atoms with van der Waals surface area (Å²) in [4.78, 5) is 10.3. The summed E-state index contributed by atoms with van der Waals surface area (Å²) >= 11 is 1.85. The van der Waals surface area contributed by atoms with Crippen molar-refractivity contribution in [2.24, 2.45) is 0 Å². The lowest BCUT2D eigenvalue weighted by Crippen LogP contribution is -2.22. The molecule has 0 N–H and O–H groups in total. The second-order valence-corrected chi connectivity index (χ2v) is 14.6. The second-order valence-electron chi connectivity index (χ2n) is 13.5. The van der Waals surface area contributed by atoms with Crippen LogP contribution >= 0.6 is 11.3 Å². The topological polar surface area (TPSA) is 25.8 Å². The van der Waals surface area contributed by atoms with Crippen LogP contribution in [0, 0.1) is 0 Å². The Morgan fingerprint density at radius 2 is 1.02 bits per heavy atom. The van der Waals surface area contributed by atoms with Crippen LogP contribution in [0.1, 0.15) is 23.6 Å². The van der Waals surface area contributed by atoms with Crippen LogP contribution in [0.2, 0.25) is 0 Å². The molecule has 0 spiro atoms. The molecule has 0 amide bonds. The molecule has 9 aromatic rings. The Morgan fingerprint density at radius 1 is 0.412 bits per heavy atom. The molecule has 1 atom stereocenters. The molecule has 2 aromatic heterocycles. The van der Waals surface area contributed by atoms with Gasteiger partial charge in [0.1, 0.15) is 0 Å². The van der Waals surface area contributed by atoms with Gasteiger partial charge in [-0.15, -0.1) is 11.3 Å². The largest absolute Gasteiger partial charge is 0.228 e. The minimum atomic E-state index is -0.236. The molecule has 10 rings (SSSR count). The van der Waals surface area contributed by atoms with Gasteiger partial charge >= 0.3 is 0 Å². The third kappa shape index (κ3) is 4.85. The standard InChI is InChI=1S/C48H32N2S/c1-48(36-14-6-3-7-15-36)41-18-10-8-16-37(41)39-29-35(24-26-42(39)48)44-30-43(49-47(50-44)33-12-4-2-5-13-33)32-22-20-31(21-23-32)34-25-27-46-40(28-34)38-17-9-11-19-45(38)51-46/h2-30H,1H3. The van der Waals surface area contributed by atoms with Crippen LogP contribution in [0.5, 0.6) is 0 Å². The van der Waals surface area contributed by atoms with E-state index in [9.17, 15) is 0 Å². The van der Waals surface area contributed by atoms with Crippen molar-refractivity contribution in [1.29, 1.82) is 0 Å². The predicted molar refractivity (Wildman–Crippen MR) is 214 cm³/mol. The van der Waals surface area contributed by atoms with E-state index in [0.717, 1.165) is 33.9 Å². The van der Waals surface area contributed by atoms with Crippen LogP contribution in [0.4, 0.5) is 0 Å². The van der Waals surface area contributed by atoms with E-state index in [4.69, 9.17) is 9.97 Å². The van der Waals surface area contributed by atoms with Gasteiger partial charge in [-0.05, 0) is 76.2 Å². The smallest absolute Gasteiger partial charge is 0.160 e. The van der Waals surface area contributed by atoms with Crippen LogP contribution in [-0.4, -0.2) is 9.97 Å². The van der Waals surface area contributed by atoms with Crippen molar-refractivity contribution in [3.05, 3.63) is 193 Å². The maximum absolute atomic E-state index is 5.18. The molecule has 0 radical (unpaired) electrons. The molecule has 0 saturated heterocycles. The summed E-state index contributed by atoms with van der Waals surface area (Å²) in [7, 11) is 0. The summed E-state index contributed by atoms with van der Waals surface area (Å²) in [6.07, 6.45) is 0. The SMILES string of the molecule is CC1(c2ccccc2)c2ccccc2-c2cc(-c3cc(-c4ccc(-c5ccc6sc7ccccc7c6c5)cc4)nc(-c4ccccc4)n3)ccc21. The Balaban J connectivity index is 1.08. The van der Waals surface area contributed by atoms with Crippen LogP contribution < -0.4 is 0 Å². The number of hydrogen-bond donors (Lipinski definition) is 0. The molecule has 0 saturated carbocycles. The number of aromatic nitrogens is 2. The fourth-order valence-electron chi connectivity index (χ4n) is 7.94. The van der Waals surface area contributed by atoms with Gasteiger partial charge in [-0.3, -0.25) is 0 Å². The van der Waals surface area contributed by atoms with E-state index in [2.05, 4.69) is 165 Å². The zero-order chi connectivity index (χ0) is 33.9. The van der Waals surface area contributed by atoms with Crippen molar-refractivity contribution in [2.45, 2.75) is 12.3 Å². The van der Waals surface area contributed by atoms with Gasteiger partial charge in [-0.2, -0.15) is 0 Å². The van der Waals surface area contributed by atoms with Gasteiger partial charge in [0, 0.05) is 42.3 Å². The second kappa shape index (κ2) is 11.7. The minimum Gasteiger partial charge on any atom is -0.228 e. The van der Waals surface area contributed by atoms with E-state index < -0.39 is 0 Å². The highest BCUT2D eigenvalue weighted by molar-refractivity contribution is 7.25. The lowest BCUT2D eigenvalue weighted by Gasteiger charge is -2.28. The van der Waals surface area contributed by atoms with E-state index in [-0.39, 0.29) is 5.41 Å². The van der Waals surface area contributed by atoms with Crippen molar-refractivity contribution in [3.63, 3.8) is 0 Å². The third-order valence-electron chi connectivity index (χ3n) is 10.6.